The maximum atomic E-state index is 12.2. The van der Waals surface area contributed by atoms with Gasteiger partial charge in [0.25, 0.3) is 0 Å². The number of allylic oxidation sites excluding steroid dienone is 2. The molecule has 0 aliphatic carbocycles. The van der Waals surface area contributed by atoms with Crippen LogP contribution >= 0.6 is 34.5 Å². The van der Waals surface area contributed by atoms with Crippen molar-refractivity contribution in [1.82, 2.24) is 5.32 Å². The van der Waals surface area contributed by atoms with E-state index < -0.39 is 0 Å². The van der Waals surface area contributed by atoms with Crippen LogP contribution in [0.5, 0.6) is 0 Å². The topological polar surface area (TPSA) is 41.1 Å². The number of amides is 1. The van der Waals surface area contributed by atoms with Gasteiger partial charge in [0.1, 0.15) is 0 Å². The summed E-state index contributed by atoms with van der Waals surface area (Å²) in [5.41, 5.74) is 3.02. The fraction of sp³-hybridized carbons (Fsp3) is 0.118. The molecular weight excluding hydrogens is 351 g/mol. The number of anilines is 1. The molecule has 0 radical (unpaired) electrons. The number of thiophene rings is 1. The second-order valence-corrected chi connectivity index (χ2v) is 6.82. The standard InChI is InChI=1S/C17H14Cl2N2OS/c18-14-2-1-12(15(19)9-14)7-16(22)21-17-8-13(10-23-17)11-3-5-20-6-4-11/h1-5,8-10,20H,6-7H2,(H,21,22). The molecule has 1 amide bonds. The van der Waals surface area contributed by atoms with E-state index >= 15 is 0 Å². The van der Waals surface area contributed by atoms with Crippen molar-refractivity contribution in [1.29, 1.82) is 0 Å². The Balaban J connectivity index is 1.65. The Bertz CT molecular complexity index is 796. The lowest BCUT2D eigenvalue weighted by atomic mass is 10.1. The van der Waals surface area contributed by atoms with Gasteiger partial charge in [-0.15, -0.1) is 11.3 Å². The average Bonchev–Trinajstić information content (AvgIpc) is 2.99. The van der Waals surface area contributed by atoms with Crippen molar-refractivity contribution in [2.24, 2.45) is 0 Å². The fourth-order valence-electron chi connectivity index (χ4n) is 2.24. The SMILES string of the molecule is O=C(Cc1ccc(Cl)cc1Cl)Nc1cc(C2=CCNC=C2)cs1. The number of carbonyl (C=O) groups excluding carboxylic acids is 1. The number of hydrogen-bond acceptors (Lipinski definition) is 3. The van der Waals surface area contributed by atoms with Crippen LogP contribution in [0, 0.1) is 0 Å². The van der Waals surface area contributed by atoms with E-state index in [0.717, 1.165) is 28.2 Å². The number of nitrogens with one attached hydrogen (secondary N) is 2. The molecule has 1 aliphatic rings. The molecule has 0 atom stereocenters. The molecule has 1 aromatic carbocycles. The van der Waals surface area contributed by atoms with Gasteiger partial charge in [-0.3, -0.25) is 4.79 Å². The third-order valence-corrected chi connectivity index (χ3v) is 4.81. The van der Waals surface area contributed by atoms with E-state index in [4.69, 9.17) is 23.2 Å². The Hall–Kier alpha value is -1.75. The zero-order chi connectivity index (χ0) is 16.2. The monoisotopic (exact) mass is 364 g/mol. The highest BCUT2D eigenvalue weighted by atomic mass is 35.5. The maximum absolute atomic E-state index is 12.2. The summed E-state index contributed by atoms with van der Waals surface area (Å²) in [5, 5.41) is 9.95. The van der Waals surface area contributed by atoms with Gasteiger partial charge in [0.15, 0.2) is 0 Å². The lowest BCUT2D eigenvalue weighted by molar-refractivity contribution is -0.115. The summed E-state index contributed by atoms with van der Waals surface area (Å²) in [6.07, 6.45) is 6.27. The molecule has 3 rings (SSSR count). The number of benzene rings is 1. The minimum atomic E-state index is -0.0996. The van der Waals surface area contributed by atoms with E-state index in [-0.39, 0.29) is 12.3 Å². The Labute approximate surface area is 148 Å². The lowest BCUT2D eigenvalue weighted by Crippen LogP contribution is -2.13. The Morgan fingerprint density at radius 3 is 2.91 bits per heavy atom. The zero-order valence-electron chi connectivity index (χ0n) is 12.1. The molecule has 118 valence electrons. The van der Waals surface area contributed by atoms with Crippen LogP contribution in [0.15, 0.2) is 48.0 Å². The van der Waals surface area contributed by atoms with Crippen molar-refractivity contribution in [3.63, 3.8) is 0 Å². The molecule has 2 aromatic rings. The molecule has 2 heterocycles. The normalized spacial score (nSPS) is 13.4. The van der Waals surface area contributed by atoms with Crippen LogP contribution in [-0.2, 0) is 11.2 Å². The minimum Gasteiger partial charge on any atom is -0.387 e. The summed E-state index contributed by atoms with van der Waals surface area (Å²) in [5.74, 6) is -0.0996. The Kier molecular flexibility index (Phi) is 5.06. The third kappa shape index (κ3) is 4.16. The second kappa shape index (κ2) is 7.21. The van der Waals surface area contributed by atoms with Crippen molar-refractivity contribution in [2.45, 2.75) is 6.42 Å². The number of hydrogen-bond donors (Lipinski definition) is 2. The van der Waals surface area contributed by atoms with Crippen molar-refractivity contribution in [2.75, 3.05) is 11.9 Å². The van der Waals surface area contributed by atoms with Gasteiger partial charge in [-0.2, -0.15) is 0 Å². The molecule has 3 nitrogen and oxygen atoms in total. The van der Waals surface area contributed by atoms with Gasteiger partial charge < -0.3 is 10.6 Å². The predicted molar refractivity (Wildman–Crippen MR) is 98.2 cm³/mol. The van der Waals surface area contributed by atoms with Crippen LogP contribution in [-0.4, -0.2) is 12.5 Å². The van der Waals surface area contributed by atoms with Gasteiger partial charge in [-0.25, -0.2) is 0 Å². The molecule has 0 fully saturated rings. The molecule has 6 heteroatoms. The minimum absolute atomic E-state index is 0.0996. The predicted octanol–water partition coefficient (Wildman–Crippen LogP) is 4.74. The van der Waals surface area contributed by atoms with Crippen LogP contribution in [0.1, 0.15) is 11.1 Å². The summed E-state index contributed by atoms with van der Waals surface area (Å²) in [7, 11) is 0. The molecule has 0 bridgehead atoms. The van der Waals surface area contributed by atoms with Gasteiger partial charge in [-0.1, -0.05) is 35.3 Å². The van der Waals surface area contributed by atoms with E-state index in [1.807, 2.05) is 23.7 Å². The van der Waals surface area contributed by atoms with Crippen LogP contribution in [0.3, 0.4) is 0 Å². The molecule has 23 heavy (non-hydrogen) atoms. The second-order valence-electron chi connectivity index (χ2n) is 5.06. The first-order valence-corrected chi connectivity index (χ1v) is 8.68. The van der Waals surface area contributed by atoms with Gasteiger partial charge in [0, 0.05) is 22.0 Å². The molecule has 0 saturated carbocycles. The van der Waals surface area contributed by atoms with E-state index in [9.17, 15) is 4.79 Å². The molecule has 1 aliphatic heterocycles. The Morgan fingerprint density at radius 1 is 1.30 bits per heavy atom. The molecule has 1 aromatic heterocycles. The molecule has 0 unspecified atom stereocenters. The van der Waals surface area contributed by atoms with Gasteiger partial charge in [0.2, 0.25) is 5.91 Å². The van der Waals surface area contributed by atoms with Crippen LogP contribution in [0.25, 0.3) is 5.57 Å². The first-order chi connectivity index (χ1) is 11.1. The summed E-state index contributed by atoms with van der Waals surface area (Å²) >= 11 is 13.5. The van der Waals surface area contributed by atoms with E-state index in [2.05, 4.69) is 16.7 Å². The summed E-state index contributed by atoms with van der Waals surface area (Å²) in [6, 6.07) is 7.13. The van der Waals surface area contributed by atoms with Crippen molar-refractivity contribution in [3.8, 4) is 0 Å². The Morgan fingerprint density at radius 2 is 2.17 bits per heavy atom. The number of halogens is 2. The van der Waals surface area contributed by atoms with E-state index in [1.165, 1.54) is 11.3 Å². The van der Waals surface area contributed by atoms with Gasteiger partial charge in [0.05, 0.1) is 11.4 Å². The van der Waals surface area contributed by atoms with Crippen molar-refractivity contribution < 1.29 is 4.79 Å². The number of rotatable bonds is 4. The highest BCUT2D eigenvalue weighted by Gasteiger charge is 2.10. The summed E-state index contributed by atoms with van der Waals surface area (Å²) < 4.78 is 0. The largest absolute Gasteiger partial charge is 0.387 e. The number of carbonyl (C=O) groups is 1. The lowest BCUT2D eigenvalue weighted by Gasteiger charge is -2.06. The maximum Gasteiger partial charge on any atom is 0.229 e. The van der Waals surface area contributed by atoms with Crippen LogP contribution in [0.2, 0.25) is 10.0 Å². The molecule has 0 saturated heterocycles. The fourth-order valence-corrected chi connectivity index (χ4v) is 3.54. The van der Waals surface area contributed by atoms with Crippen LogP contribution < -0.4 is 10.6 Å². The average molecular weight is 365 g/mol. The zero-order valence-corrected chi connectivity index (χ0v) is 14.4. The number of dihydropyridines is 1. The summed E-state index contributed by atoms with van der Waals surface area (Å²) in [4.78, 5) is 12.2. The highest BCUT2D eigenvalue weighted by molar-refractivity contribution is 7.14. The first kappa shape index (κ1) is 16.1. The van der Waals surface area contributed by atoms with Gasteiger partial charge >= 0.3 is 0 Å². The first-order valence-electron chi connectivity index (χ1n) is 7.04. The van der Waals surface area contributed by atoms with E-state index in [1.54, 1.807) is 18.2 Å². The molecular formula is C17H14Cl2N2OS. The summed E-state index contributed by atoms with van der Waals surface area (Å²) in [6.45, 7) is 0.818. The van der Waals surface area contributed by atoms with E-state index in [0.29, 0.717) is 10.0 Å². The van der Waals surface area contributed by atoms with Crippen molar-refractivity contribution >= 4 is 51.0 Å². The quantitative estimate of drug-likeness (QED) is 0.822. The highest BCUT2D eigenvalue weighted by Crippen LogP contribution is 2.28. The van der Waals surface area contributed by atoms with Crippen molar-refractivity contribution in [3.05, 3.63) is 69.2 Å². The smallest absolute Gasteiger partial charge is 0.229 e. The van der Waals surface area contributed by atoms with Gasteiger partial charge in [-0.05, 0) is 47.2 Å². The third-order valence-electron chi connectivity index (χ3n) is 3.38. The van der Waals surface area contributed by atoms with Crippen LogP contribution in [0.4, 0.5) is 5.00 Å². The molecule has 2 N–H and O–H groups in total. The molecule has 0 spiro atoms.